The number of hydrogen-bond donors (Lipinski definition) is 2. The third-order valence-electron chi connectivity index (χ3n) is 8.83. The van der Waals surface area contributed by atoms with Crippen molar-refractivity contribution in [3.63, 3.8) is 0 Å². The van der Waals surface area contributed by atoms with Gasteiger partial charge in [0.1, 0.15) is 0 Å². The lowest BCUT2D eigenvalue weighted by atomic mass is 9.89. The van der Waals surface area contributed by atoms with Gasteiger partial charge in [-0.2, -0.15) is 0 Å². The first-order valence-corrected chi connectivity index (χ1v) is 14.0. The van der Waals surface area contributed by atoms with Gasteiger partial charge in [-0.1, -0.05) is 56.4 Å². The molecule has 7 nitrogen and oxygen atoms in total. The van der Waals surface area contributed by atoms with Crippen LogP contribution in [0.25, 0.3) is 11.0 Å². The zero-order valence-electron chi connectivity index (χ0n) is 21.3. The van der Waals surface area contributed by atoms with Crippen LogP contribution in [0.5, 0.6) is 0 Å². The molecule has 7 heteroatoms. The third-order valence-corrected chi connectivity index (χ3v) is 8.83. The number of para-hydroxylation sites is 3. The average Bonchev–Trinajstić information content (AvgIpc) is 3.13. The Morgan fingerprint density at radius 1 is 0.811 bits per heavy atom. The molecule has 194 valence electrons. The monoisotopic (exact) mass is 500 g/mol. The first-order valence-electron chi connectivity index (χ1n) is 14.0. The average molecular weight is 501 g/mol. The number of fused-ring (bicyclic) bond motifs is 3. The Morgan fingerprint density at radius 2 is 1.46 bits per heavy atom. The number of anilines is 2. The number of carbonyl (C=O) groups is 1. The number of carboxylic acid groups (broad SMARTS) is 1. The number of carboxylic acids is 1. The van der Waals surface area contributed by atoms with Gasteiger partial charge in [0.2, 0.25) is 0 Å². The van der Waals surface area contributed by atoms with Crippen LogP contribution in [-0.4, -0.2) is 43.7 Å². The van der Waals surface area contributed by atoms with Crippen molar-refractivity contribution in [1.29, 1.82) is 0 Å². The van der Waals surface area contributed by atoms with E-state index in [1.165, 1.54) is 63.9 Å². The summed E-state index contributed by atoms with van der Waals surface area (Å²) in [7, 11) is 0. The number of hydrogen-bond acceptors (Lipinski definition) is 5. The summed E-state index contributed by atoms with van der Waals surface area (Å²) < 4.78 is 1.95. The van der Waals surface area contributed by atoms with E-state index in [0.717, 1.165) is 23.9 Å². The molecule has 2 saturated heterocycles. The number of aromatic nitrogens is 2. The van der Waals surface area contributed by atoms with Crippen molar-refractivity contribution in [2.75, 3.05) is 5.32 Å². The number of rotatable bonds is 5. The fourth-order valence-corrected chi connectivity index (χ4v) is 7.23. The van der Waals surface area contributed by atoms with Crippen LogP contribution >= 0.6 is 0 Å². The number of nitrogens with one attached hydrogen (secondary N) is 1. The maximum Gasteiger partial charge on any atom is 0.337 e. The SMILES string of the molecule is O=C(O)c1ccccc1Nc1nc2ccccc2n(C2CC3CCC(C2)N3C2CCCCCCC2)c1=O. The first kappa shape index (κ1) is 24.2. The molecular formula is C30H36N4O3. The molecule has 2 aliphatic heterocycles. The maximum absolute atomic E-state index is 13.9. The third kappa shape index (κ3) is 4.65. The van der Waals surface area contributed by atoms with E-state index in [1.54, 1.807) is 18.2 Å². The van der Waals surface area contributed by atoms with E-state index >= 15 is 0 Å². The van der Waals surface area contributed by atoms with Crippen LogP contribution in [0.2, 0.25) is 0 Å². The van der Waals surface area contributed by atoms with Gasteiger partial charge in [0.15, 0.2) is 5.82 Å². The second kappa shape index (κ2) is 10.3. The summed E-state index contributed by atoms with van der Waals surface area (Å²) in [5.74, 6) is -0.857. The molecule has 3 aliphatic rings. The van der Waals surface area contributed by atoms with Crippen LogP contribution in [0.4, 0.5) is 11.5 Å². The van der Waals surface area contributed by atoms with E-state index in [9.17, 15) is 14.7 Å². The van der Waals surface area contributed by atoms with E-state index in [2.05, 4.69) is 15.2 Å². The molecule has 3 fully saturated rings. The van der Waals surface area contributed by atoms with E-state index in [1.807, 2.05) is 28.8 Å². The highest BCUT2D eigenvalue weighted by Gasteiger charge is 2.44. The lowest BCUT2D eigenvalue weighted by Crippen LogP contribution is -2.50. The molecule has 6 rings (SSSR count). The van der Waals surface area contributed by atoms with Gasteiger partial charge in [0.25, 0.3) is 5.56 Å². The Balaban J connectivity index is 1.34. The summed E-state index contributed by atoms with van der Waals surface area (Å²) in [5, 5.41) is 12.7. The summed E-state index contributed by atoms with van der Waals surface area (Å²) in [6.07, 6.45) is 13.8. The summed E-state index contributed by atoms with van der Waals surface area (Å²) in [4.78, 5) is 33.2. The van der Waals surface area contributed by atoms with Crippen LogP contribution in [0, 0.1) is 0 Å². The van der Waals surface area contributed by atoms with Crippen LogP contribution in [0.15, 0.2) is 53.3 Å². The zero-order valence-corrected chi connectivity index (χ0v) is 21.3. The smallest absolute Gasteiger partial charge is 0.337 e. The Morgan fingerprint density at radius 3 is 2.19 bits per heavy atom. The van der Waals surface area contributed by atoms with Gasteiger partial charge in [0, 0.05) is 24.2 Å². The van der Waals surface area contributed by atoms with Gasteiger partial charge in [-0.3, -0.25) is 9.69 Å². The van der Waals surface area contributed by atoms with Crippen LogP contribution < -0.4 is 10.9 Å². The minimum atomic E-state index is -1.04. The predicted octanol–water partition coefficient (Wildman–Crippen LogP) is 6.12. The minimum absolute atomic E-state index is 0.109. The van der Waals surface area contributed by atoms with Gasteiger partial charge >= 0.3 is 5.97 Å². The standard InChI is InChI=1S/C30H36N4O3/c35-29-28(31-25-13-7-6-12-24(25)30(36)37)32-26-14-8-9-15-27(26)34(29)23-18-21-16-17-22(19-23)33(21)20-10-4-2-1-3-5-11-20/h6-9,12-15,20-23H,1-5,10-11,16-19H2,(H,31,32)(H,36,37). The van der Waals surface area contributed by atoms with Crippen molar-refractivity contribution < 1.29 is 9.90 Å². The Kier molecular flexibility index (Phi) is 6.72. The van der Waals surface area contributed by atoms with E-state index < -0.39 is 5.97 Å². The molecule has 3 heterocycles. The molecular weight excluding hydrogens is 464 g/mol. The summed E-state index contributed by atoms with van der Waals surface area (Å²) >= 11 is 0. The molecule has 2 unspecified atom stereocenters. The molecule has 1 aliphatic carbocycles. The predicted molar refractivity (Wildman–Crippen MR) is 146 cm³/mol. The van der Waals surface area contributed by atoms with Crippen LogP contribution in [0.3, 0.4) is 0 Å². The second-order valence-electron chi connectivity index (χ2n) is 11.1. The van der Waals surface area contributed by atoms with Crippen molar-refractivity contribution in [2.24, 2.45) is 0 Å². The summed E-state index contributed by atoms with van der Waals surface area (Å²) in [5.41, 5.74) is 1.91. The normalized spacial score (nSPS) is 25.0. The molecule has 37 heavy (non-hydrogen) atoms. The van der Waals surface area contributed by atoms with Crippen molar-refractivity contribution in [2.45, 2.75) is 94.8 Å². The molecule has 0 spiro atoms. The second-order valence-corrected chi connectivity index (χ2v) is 11.1. The van der Waals surface area contributed by atoms with E-state index in [0.29, 0.717) is 23.8 Å². The fraction of sp³-hybridized carbons (Fsp3) is 0.500. The van der Waals surface area contributed by atoms with Crippen molar-refractivity contribution >= 4 is 28.5 Å². The Hall–Kier alpha value is -3.19. The molecule has 0 radical (unpaired) electrons. The molecule has 2 bridgehead atoms. The number of benzene rings is 2. The number of piperidine rings is 1. The van der Waals surface area contributed by atoms with Gasteiger partial charge in [-0.15, -0.1) is 0 Å². The van der Waals surface area contributed by atoms with E-state index in [4.69, 9.17) is 0 Å². The van der Waals surface area contributed by atoms with Gasteiger partial charge < -0.3 is 15.0 Å². The maximum atomic E-state index is 13.9. The highest BCUT2D eigenvalue weighted by atomic mass is 16.4. The van der Waals surface area contributed by atoms with Crippen molar-refractivity contribution in [3.8, 4) is 0 Å². The minimum Gasteiger partial charge on any atom is -0.478 e. The molecule has 0 amide bonds. The fourth-order valence-electron chi connectivity index (χ4n) is 7.23. The molecule has 3 aromatic rings. The van der Waals surface area contributed by atoms with Gasteiger partial charge in [-0.05, 0) is 62.8 Å². The van der Waals surface area contributed by atoms with Crippen LogP contribution in [-0.2, 0) is 0 Å². The highest BCUT2D eigenvalue weighted by Crippen LogP contribution is 2.44. The summed E-state index contributed by atoms with van der Waals surface area (Å²) in [6, 6.07) is 16.3. The van der Waals surface area contributed by atoms with Crippen molar-refractivity contribution in [3.05, 3.63) is 64.4 Å². The Labute approximate surface area is 217 Å². The van der Waals surface area contributed by atoms with E-state index in [-0.39, 0.29) is 23.0 Å². The van der Waals surface area contributed by atoms with Crippen LogP contribution in [0.1, 0.15) is 87.0 Å². The largest absolute Gasteiger partial charge is 0.478 e. The van der Waals surface area contributed by atoms with Gasteiger partial charge in [-0.25, -0.2) is 9.78 Å². The highest BCUT2D eigenvalue weighted by molar-refractivity contribution is 5.95. The molecule has 2 atom stereocenters. The number of nitrogens with zero attached hydrogens (tertiary/aromatic N) is 3. The lowest BCUT2D eigenvalue weighted by molar-refractivity contribution is 0.0498. The quantitative estimate of drug-likeness (QED) is 0.439. The topological polar surface area (TPSA) is 87.5 Å². The summed E-state index contributed by atoms with van der Waals surface area (Å²) in [6.45, 7) is 0. The Bertz CT molecular complexity index is 1330. The van der Waals surface area contributed by atoms with Gasteiger partial charge in [0.05, 0.1) is 22.3 Å². The zero-order chi connectivity index (χ0) is 25.4. The molecule has 1 aromatic heterocycles. The van der Waals surface area contributed by atoms with Crippen molar-refractivity contribution in [1.82, 2.24) is 14.5 Å². The number of aromatic carboxylic acids is 1. The first-order chi connectivity index (χ1) is 18.1. The molecule has 2 N–H and O–H groups in total. The molecule has 1 saturated carbocycles. The lowest BCUT2D eigenvalue weighted by Gasteiger charge is -2.45. The molecule has 2 aromatic carbocycles.